The average Bonchev–Trinajstić information content (AvgIpc) is 3.75. The van der Waals surface area contributed by atoms with Gasteiger partial charge >= 0.3 is 0 Å². The molecule has 3 nitrogen and oxygen atoms in total. The van der Waals surface area contributed by atoms with Crippen molar-refractivity contribution in [3.8, 4) is 95.2 Å². The Hall–Kier alpha value is -8.92. The summed E-state index contributed by atoms with van der Waals surface area (Å²) in [5.41, 5.74) is 20.0. The summed E-state index contributed by atoms with van der Waals surface area (Å²) in [5.74, 6) is 0.705. The second-order valence-corrected chi connectivity index (χ2v) is 17.0. The molecule has 10 aromatic carbocycles. The highest BCUT2D eigenvalue weighted by Crippen LogP contribution is 2.45. The van der Waals surface area contributed by atoms with Gasteiger partial charge in [-0.15, -0.1) is 0 Å². The number of benzene rings is 10. The molecular weight excluding hydrogens is 811 g/mol. The fourth-order valence-electron chi connectivity index (χ4n) is 9.57. The van der Waals surface area contributed by atoms with Gasteiger partial charge in [-0.05, 0) is 110 Å². The predicted octanol–water partition coefficient (Wildman–Crippen LogP) is 16.9. The highest BCUT2D eigenvalue weighted by Gasteiger charge is 2.20. The van der Waals surface area contributed by atoms with Crippen molar-refractivity contribution in [2.24, 2.45) is 0 Å². The lowest BCUT2D eigenvalue weighted by molar-refractivity contribution is 1.18. The summed E-state index contributed by atoms with van der Waals surface area (Å²) in [7, 11) is 0. The molecule has 0 N–H and O–H groups in total. The third-order valence-electron chi connectivity index (χ3n) is 12.8. The Balaban J connectivity index is 0.996. The van der Waals surface area contributed by atoms with Crippen molar-refractivity contribution >= 4 is 21.8 Å². The van der Waals surface area contributed by atoms with Crippen LogP contribution in [-0.4, -0.2) is 14.5 Å². The first-order chi connectivity index (χ1) is 33.2. The Bertz CT molecular complexity index is 3640. The second-order valence-electron chi connectivity index (χ2n) is 17.0. The zero-order chi connectivity index (χ0) is 44.5. The van der Waals surface area contributed by atoms with Gasteiger partial charge in [0, 0.05) is 33.2 Å². The number of para-hydroxylation sites is 2. The van der Waals surface area contributed by atoms with Crippen molar-refractivity contribution in [1.82, 2.24) is 14.5 Å². The van der Waals surface area contributed by atoms with E-state index in [1.54, 1.807) is 0 Å². The van der Waals surface area contributed by atoms with E-state index in [1.807, 2.05) is 24.3 Å². The Morgan fingerprint density at radius 3 is 1.42 bits per heavy atom. The minimum atomic E-state index is 0.705. The normalized spacial score (nSPS) is 11.3. The standard InChI is InChI=1S/C64H43N3/c1-6-19-44(20-7-1)53-41-56(63(48-23-10-3-11-24-48)57(42-53)51-37-38-62-58(40-51)55-31-16-17-32-61(55)67(62)54-29-14-5-15-30-54)46-35-33-45(34-36-46)50-27-18-28-52(39-50)60-43-59(47-21-8-2-9-22-47)65-64(66-60)49-25-12-4-13-26-49/h1-43H. The van der Waals surface area contributed by atoms with Crippen molar-refractivity contribution in [2.75, 3.05) is 0 Å². The van der Waals surface area contributed by atoms with Crippen LogP contribution in [0.2, 0.25) is 0 Å². The molecule has 0 aliphatic heterocycles. The number of hydrogen-bond donors (Lipinski definition) is 0. The predicted molar refractivity (Wildman–Crippen MR) is 280 cm³/mol. The van der Waals surface area contributed by atoms with E-state index in [1.165, 1.54) is 60.8 Å². The molecule has 2 aromatic heterocycles. The molecule has 3 heteroatoms. The molecule has 0 saturated carbocycles. The van der Waals surface area contributed by atoms with Crippen molar-refractivity contribution < 1.29 is 0 Å². The first kappa shape index (κ1) is 39.7. The zero-order valence-electron chi connectivity index (χ0n) is 36.7. The second kappa shape index (κ2) is 17.2. The number of hydrogen-bond acceptors (Lipinski definition) is 2. The van der Waals surface area contributed by atoms with Crippen molar-refractivity contribution in [3.05, 3.63) is 261 Å². The van der Waals surface area contributed by atoms with E-state index in [4.69, 9.17) is 9.97 Å². The quantitative estimate of drug-likeness (QED) is 0.145. The summed E-state index contributed by atoms with van der Waals surface area (Å²) < 4.78 is 2.38. The van der Waals surface area contributed by atoms with E-state index in [9.17, 15) is 0 Å². The van der Waals surface area contributed by atoms with Gasteiger partial charge in [0.2, 0.25) is 0 Å². The van der Waals surface area contributed by atoms with Crippen LogP contribution in [0, 0.1) is 0 Å². The van der Waals surface area contributed by atoms with E-state index in [0.717, 1.165) is 50.5 Å². The van der Waals surface area contributed by atoms with Gasteiger partial charge in [0.25, 0.3) is 0 Å². The van der Waals surface area contributed by atoms with Gasteiger partial charge in [-0.1, -0.05) is 206 Å². The lowest BCUT2D eigenvalue weighted by Crippen LogP contribution is -1.96. The van der Waals surface area contributed by atoms with Gasteiger partial charge in [-0.3, -0.25) is 0 Å². The summed E-state index contributed by atoms with van der Waals surface area (Å²) in [6.07, 6.45) is 0. The molecule has 12 aromatic rings. The van der Waals surface area contributed by atoms with E-state index in [-0.39, 0.29) is 0 Å². The van der Waals surface area contributed by atoms with Crippen LogP contribution in [-0.2, 0) is 0 Å². The highest BCUT2D eigenvalue weighted by atomic mass is 15.0. The van der Waals surface area contributed by atoms with Crippen LogP contribution in [0.25, 0.3) is 117 Å². The maximum absolute atomic E-state index is 5.13. The molecule has 0 spiro atoms. The number of nitrogens with zero attached hydrogens (tertiary/aromatic N) is 3. The van der Waals surface area contributed by atoms with Gasteiger partial charge in [0.05, 0.1) is 22.4 Å². The fraction of sp³-hybridized carbons (Fsp3) is 0. The smallest absolute Gasteiger partial charge is 0.160 e. The molecule has 0 saturated heterocycles. The summed E-state index contributed by atoms with van der Waals surface area (Å²) >= 11 is 0. The molecule has 67 heavy (non-hydrogen) atoms. The van der Waals surface area contributed by atoms with E-state index < -0.39 is 0 Å². The van der Waals surface area contributed by atoms with Crippen LogP contribution in [0.5, 0.6) is 0 Å². The van der Waals surface area contributed by atoms with Crippen LogP contribution >= 0.6 is 0 Å². The van der Waals surface area contributed by atoms with E-state index in [0.29, 0.717) is 5.82 Å². The Kier molecular flexibility index (Phi) is 10.2. The van der Waals surface area contributed by atoms with Crippen LogP contribution in [0.1, 0.15) is 0 Å². The maximum atomic E-state index is 5.13. The molecule has 314 valence electrons. The van der Waals surface area contributed by atoms with E-state index >= 15 is 0 Å². The summed E-state index contributed by atoms with van der Waals surface area (Å²) in [6.45, 7) is 0. The van der Waals surface area contributed by atoms with Crippen LogP contribution in [0.15, 0.2) is 261 Å². The minimum absolute atomic E-state index is 0.705. The third kappa shape index (κ3) is 7.59. The lowest BCUT2D eigenvalue weighted by Gasteiger charge is -2.20. The molecule has 0 atom stereocenters. The number of rotatable bonds is 9. The Labute approximate surface area is 390 Å². The average molecular weight is 854 g/mol. The van der Waals surface area contributed by atoms with Crippen LogP contribution in [0.3, 0.4) is 0 Å². The van der Waals surface area contributed by atoms with Crippen LogP contribution < -0.4 is 0 Å². The monoisotopic (exact) mass is 853 g/mol. The molecule has 0 bridgehead atoms. The van der Waals surface area contributed by atoms with Crippen LogP contribution in [0.4, 0.5) is 0 Å². The van der Waals surface area contributed by atoms with Gasteiger partial charge < -0.3 is 4.57 Å². The summed E-state index contributed by atoms with van der Waals surface area (Å²) in [5, 5.41) is 2.46. The minimum Gasteiger partial charge on any atom is -0.309 e. The van der Waals surface area contributed by atoms with Gasteiger partial charge in [-0.25, -0.2) is 9.97 Å². The molecular formula is C64H43N3. The van der Waals surface area contributed by atoms with Gasteiger partial charge in [0.15, 0.2) is 5.82 Å². The van der Waals surface area contributed by atoms with Crippen molar-refractivity contribution in [2.45, 2.75) is 0 Å². The first-order valence-electron chi connectivity index (χ1n) is 22.8. The Morgan fingerprint density at radius 2 is 0.731 bits per heavy atom. The van der Waals surface area contributed by atoms with Crippen molar-refractivity contribution in [3.63, 3.8) is 0 Å². The number of fused-ring (bicyclic) bond motifs is 3. The largest absolute Gasteiger partial charge is 0.309 e. The van der Waals surface area contributed by atoms with Gasteiger partial charge in [-0.2, -0.15) is 0 Å². The van der Waals surface area contributed by atoms with E-state index in [2.05, 4.69) is 241 Å². The zero-order valence-corrected chi connectivity index (χ0v) is 36.7. The third-order valence-corrected chi connectivity index (χ3v) is 12.8. The molecule has 0 aliphatic carbocycles. The summed E-state index contributed by atoms with van der Waals surface area (Å²) in [4.78, 5) is 10.2. The maximum Gasteiger partial charge on any atom is 0.160 e. The molecule has 2 heterocycles. The molecule has 0 amide bonds. The number of aromatic nitrogens is 3. The lowest BCUT2D eigenvalue weighted by atomic mass is 9.84. The topological polar surface area (TPSA) is 30.7 Å². The van der Waals surface area contributed by atoms with Crippen molar-refractivity contribution in [1.29, 1.82) is 0 Å². The SMILES string of the molecule is c1ccc(-c2cc(-c3ccc(-c4cccc(-c5cc(-c6ccccc6)nc(-c6ccccc6)n5)c4)cc3)c(-c3ccccc3)c(-c3ccc4c(c3)c3ccccc3n4-c3ccccc3)c2)cc1. The highest BCUT2D eigenvalue weighted by molar-refractivity contribution is 6.11. The molecule has 0 unspecified atom stereocenters. The fourth-order valence-corrected chi connectivity index (χ4v) is 9.57. The Morgan fingerprint density at radius 1 is 0.254 bits per heavy atom. The summed E-state index contributed by atoms with van der Waals surface area (Å²) in [6, 6.07) is 93.3. The molecule has 12 rings (SSSR count). The molecule has 0 radical (unpaired) electrons. The first-order valence-corrected chi connectivity index (χ1v) is 22.8. The molecule has 0 fully saturated rings. The molecule has 0 aliphatic rings. The van der Waals surface area contributed by atoms with Gasteiger partial charge in [0.1, 0.15) is 0 Å².